The molecular formula is C25H36F3N3O3. The van der Waals surface area contributed by atoms with E-state index in [9.17, 15) is 27.9 Å². The Morgan fingerprint density at radius 2 is 1.97 bits per heavy atom. The van der Waals surface area contributed by atoms with Crippen LogP contribution in [0, 0.1) is 5.92 Å². The number of aliphatic hydroxyl groups excluding tert-OH is 1. The Morgan fingerprint density at radius 1 is 1.26 bits per heavy atom. The number of hydrogen-bond donors (Lipinski definition) is 2. The Balaban J connectivity index is 1.69. The molecule has 0 radical (unpaired) electrons. The summed E-state index contributed by atoms with van der Waals surface area (Å²) >= 11 is 0. The third-order valence-corrected chi connectivity index (χ3v) is 7.53. The fraction of sp³-hybridized carbons (Fsp3) is 0.680. The zero-order valence-electron chi connectivity index (χ0n) is 20.3. The summed E-state index contributed by atoms with van der Waals surface area (Å²) in [4.78, 5) is 29.9. The molecule has 1 aliphatic carbocycles. The maximum atomic E-state index is 13.2. The summed E-state index contributed by atoms with van der Waals surface area (Å²) in [6, 6.07) is 4.01. The molecule has 190 valence electrons. The summed E-state index contributed by atoms with van der Waals surface area (Å²) < 4.78 is 39.0. The summed E-state index contributed by atoms with van der Waals surface area (Å²) in [5, 5.41) is 13.4. The number of rotatable bonds is 7. The Bertz CT molecular complexity index is 876. The second-order valence-electron chi connectivity index (χ2n) is 9.86. The van der Waals surface area contributed by atoms with Crippen molar-refractivity contribution >= 4 is 11.8 Å². The fourth-order valence-corrected chi connectivity index (χ4v) is 5.30. The molecule has 2 amide bonds. The highest BCUT2D eigenvalue weighted by atomic mass is 19.4. The van der Waals surface area contributed by atoms with E-state index >= 15 is 0 Å². The van der Waals surface area contributed by atoms with Gasteiger partial charge < -0.3 is 20.2 Å². The van der Waals surface area contributed by atoms with Crippen LogP contribution < -0.4 is 5.32 Å². The molecule has 2 aliphatic rings. The van der Waals surface area contributed by atoms with E-state index in [1.165, 1.54) is 12.1 Å². The summed E-state index contributed by atoms with van der Waals surface area (Å²) in [7, 11) is 2.09. The van der Waals surface area contributed by atoms with E-state index in [1.807, 2.05) is 6.92 Å². The molecule has 9 heteroatoms. The van der Waals surface area contributed by atoms with Gasteiger partial charge in [-0.05, 0) is 71.2 Å². The summed E-state index contributed by atoms with van der Waals surface area (Å²) in [6.45, 7) is 6.66. The van der Waals surface area contributed by atoms with E-state index < -0.39 is 29.8 Å². The van der Waals surface area contributed by atoms with Gasteiger partial charge in [0.2, 0.25) is 5.91 Å². The van der Waals surface area contributed by atoms with Crippen LogP contribution in [-0.4, -0.2) is 70.6 Å². The lowest BCUT2D eigenvalue weighted by atomic mass is 9.76. The minimum absolute atomic E-state index is 0.0631. The van der Waals surface area contributed by atoms with Crippen LogP contribution in [0.25, 0.3) is 0 Å². The minimum atomic E-state index is -4.55. The van der Waals surface area contributed by atoms with Gasteiger partial charge in [0.05, 0.1) is 11.7 Å². The molecule has 1 heterocycles. The number of nitrogens with one attached hydrogen (secondary N) is 1. The summed E-state index contributed by atoms with van der Waals surface area (Å²) in [6.07, 6.45) is -1.62. The van der Waals surface area contributed by atoms with Crippen molar-refractivity contribution < 1.29 is 27.9 Å². The number of likely N-dealkylation sites (tertiary alicyclic amines) is 1. The van der Waals surface area contributed by atoms with Gasteiger partial charge in [0.25, 0.3) is 5.91 Å². The van der Waals surface area contributed by atoms with Gasteiger partial charge in [0.1, 0.15) is 6.04 Å². The van der Waals surface area contributed by atoms with E-state index in [2.05, 4.69) is 31.1 Å². The number of hydrogen-bond acceptors (Lipinski definition) is 4. The van der Waals surface area contributed by atoms with Crippen LogP contribution in [0.1, 0.15) is 68.8 Å². The predicted octanol–water partition coefficient (Wildman–Crippen LogP) is 3.68. The predicted molar refractivity (Wildman–Crippen MR) is 123 cm³/mol. The average Bonchev–Trinajstić information content (AvgIpc) is 3.16. The number of aliphatic hydroxyl groups is 1. The number of alkyl halides is 3. The van der Waals surface area contributed by atoms with E-state index in [0.29, 0.717) is 31.5 Å². The molecule has 2 N–H and O–H groups in total. The van der Waals surface area contributed by atoms with Crippen molar-refractivity contribution in [1.29, 1.82) is 0 Å². The van der Waals surface area contributed by atoms with Gasteiger partial charge in [-0.2, -0.15) is 13.2 Å². The van der Waals surface area contributed by atoms with E-state index in [0.717, 1.165) is 31.4 Å². The number of nitrogens with zero attached hydrogens (tertiary/aromatic N) is 2. The zero-order valence-corrected chi connectivity index (χ0v) is 20.3. The Kier molecular flexibility index (Phi) is 8.29. The molecule has 0 spiro atoms. The monoisotopic (exact) mass is 483 g/mol. The first-order chi connectivity index (χ1) is 15.9. The van der Waals surface area contributed by atoms with Gasteiger partial charge in [-0.25, -0.2) is 0 Å². The number of carbonyl (C=O) groups excluding carboxylic acids is 2. The van der Waals surface area contributed by atoms with Crippen molar-refractivity contribution in [2.45, 2.75) is 89.3 Å². The molecule has 34 heavy (non-hydrogen) atoms. The maximum Gasteiger partial charge on any atom is 0.416 e. The van der Waals surface area contributed by atoms with E-state index in [-0.39, 0.29) is 23.4 Å². The van der Waals surface area contributed by atoms with Crippen LogP contribution in [0.3, 0.4) is 0 Å². The van der Waals surface area contributed by atoms with Gasteiger partial charge in [0, 0.05) is 36.2 Å². The molecular weight excluding hydrogens is 447 g/mol. The molecule has 2 fully saturated rings. The van der Waals surface area contributed by atoms with Crippen molar-refractivity contribution in [1.82, 2.24) is 15.1 Å². The molecule has 1 aromatic rings. The Labute approximate surface area is 199 Å². The van der Waals surface area contributed by atoms with Crippen LogP contribution in [0.5, 0.6) is 0 Å². The number of halogens is 3. The first-order valence-corrected chi connectivity index (χ1v) is 12.1. The lowest BCUT2D eigenvalue weighted by Crippen LogP contribution is -2.54. The normalized spacial score (nSPS) is 26.9. The fourth-order valence-electron chi connectivity index (χ4n) is 5.30. The van der Waals surface area contributed by atoms with Crippen molar-refractivity contribution in [2.24, 2.45) is 5.92 Å². The molecule has 6 nitrogen and oxygen atoms in total. The first-order valence-electron chi connectivity index (χ1n) is 12.1. The van der Waals surface area contributed by atoms with Crippen molar-refractivity contribution in [3.8, 4) is 0 Å². The lowest BCUT2D eigenvalue weighted by Gasteiger charge is -2.46. The Morgan fingerprint density at radius 3 is 2.59 bits per heavy atom. The van der Waals surface area contributed by atoms with E-state index in [4.69, 9.17) is 0 Å². The third kappa shape index (κ3) is 5.74. The summed E-state index contributed by atoms with van der Waals surface area (Å²) in [5.74, 6) is -0.986. The number of amides is 2. The van der Waals surface area contributed by atoms with E-state index in [1.54, 1.807) is 4.90 Å². The highest BCUT2D eigenvalue weighted by Gasteiger charge is 2.44. The molecule has 1 aromatic carbocycles. The van der Waals surface area contributed by atoms with Crippen molar-refractivity contribution in [3.63, 3.8) is 0 Å². The van der Waals surface area contributed by atoms with Crippen LogP contribution in [0.15, 0.2) is 24.3 Å². The SMILES string of the molecule is CC[C@@H](O)[C@H]1C[C@H](N(C)C(C)C)CC[C@@H]1N1CCC(NC(=O)c2cccc(C(F)(F)F)c2)C1=O. The second kappa shape index (κ2) is 10.6. The Hall–Kier alpha value is -2.13. The van der Waals surface area contributed by atoms with Gasteiger partial charge >= 0.3 is 6.18 Å². The molecule has 5 atom stereocenters. The molecule has 1 saturated carbocycles. The standard InChI is InChI=1S/C25H36F3N3O3/c1-5-22(32)19-14-18(30(4)15(2)3)9-10-21(19)31-12-11-20(24(31)34)29-23(33)16-7-6-8-17(13-16)25(26,27)28/h6-8,13,15,18-22,32H,5,9-12,14H2,1-4H3,(H,29,33)/t18-,19+,20?,21+,22-/m1/s1. The number of benzene rings is 1. The van der Waals surface area contributed by atoms with Crippen LogP contribution in [-0.2, 0) is 11.0 Å². The quantitative estimate of drug-likeness (QED) is 0.621. The lowest BCUT2D eigenvalue weighted by molar-refractivity contribution is -0.137. The zero-order chi connectivity index (χ0) is 25.2. The van der Waals surface area contributed by atoms with Crippen molar-refractivity contribution in [3.05, 3.63) is 35.4 Å². The van der Waals surface area contributed by atoms with Gasteiger partial charge in [-0.15, -0.1) is 0 Å². The molecule has 3 rings (SSSR count). The highest BCUT2D eigenvalue weighted by molar-refractivity contribution is 5.98. The molecule has 0 bridgehead atoms. The van der Waals surface area contributed by atoms with Gasteiger partial charge in [0.15, 0.2) is 0 Å². The molecule has 0 aromatic heterocycles. The topological polar surface area (TPSA) is 72.9 Å². The van der Waals surface area contributed by atoms with Gasteiger partial charge in [-0.1, -0.05) is 13.0 Å². The van der Waals surface area contributed by atoms with Crippen molar-refractivity contribution in [2.75, 3.05) is 13.6 Å². The van der Waals surface area contributed by atoms with Crippen LogP contribution >= 0.6 is 0 Å². The largest absolute Gasteiger partial charge is 0.416 e. The molecule has 1 saturated heterocycles. The second-order valence-corrected chi connectivity index (χ2v) is 9.86. The summed E-state index contributed by atoms with van der Waals surface area (Å²) in [5.41, 5.74) is -1.03. The van der Waals surface area contributed by atoms with Crippen LogP contribution in [0.2, 0.25) is 0 Å². The average molecular weight is 484 g/mol. The third-order valence-electron chi connectivity index (χ3n) is 7.53. The van der Waals surface area contributed by atoms with Crippen LogP contribution in [0.4, 0.5) is 13.2 Å². The molecule has 1 aliphatic heterocycles. The smallest absolute Gasteiger partial charge is 0.393 e. The first kappa shape index (κ1) is 26.5. The highest BCUT2D eigenvalue weighted by Crippen LogP contribution is 2.36. The minimum Gasteiger partial charge on any atom is -0.393 e. The number of carbonyl (C=O) groups is 2. The maximum absolute atomic E-state index is 13.2. The van der Waals surface area contributed by atoms with Gasteiger partial charge in [-0.3, -0.25) is 9.59 Å². The molecule has 1 unspecified atom stereocenters.